The largest absolute Gasteiger partial charge is 0.398 e. The van der Waals surface area contributed by atoms with E-state index in [0.29, 0.717) is 17.7 Å². The maximum Gasteiger partial charge on any atom is 0.257 e. The summed E-state index contributed by atoms with van der Waals surface area (Å²) in [5.74, 6) is -0.242. The lowest BCUT2D eigenvalue weighted by Gasteiger charge is -2.09. The lowest BCUT2D eigenvalue weighted by molar-refractivity contribution is 0.102. The fourth-order valence-electron chi connectivity index (χ4n) is 2.01. The molecule has 0 unspecified atom stereocenters. The molecular formula is C16H17BrN2O2. The first-order valence-corrected chi connectivity index (χ1v) is 7.45. The Kier molecular flexibility index (Phi) is 5.36. The molecule has 0 spiro atoms. The molecule has 0 fully saturated rings. The van der Waals surface area contributed by atoms with Gasteiger partial charge in [0, 0.05) is 22.5 Å². The number of amides is 1. The number of carbonyl (C=O) groups excluding carboxylic acids is 1. The normalized spacial score (nSPS) is 10.4. The first-order valence-electron chi connectivity index (χ1n) is 6.66. The van der Waals surface area contributed by atoms with E-state index in [0.717, 1.165) is 22.1 Å². The van der Waals surface area contributed by atoms with Gasteiger partial charge in [-0.25, -0.2) is 0 Å². The molecule has 4 N–H and O–H groups in total. The SMILES string of the molecule is Nc1ccc(Br)cc1C(=O)Nc1cccc(CCCO)c1. The number of nitrogen functional groups attached to an aromatic ring is 1. The molecule has 0 saturated heterocycles. The molecule has 0 aliphatic heterocycles. The minimum atomic E-state index is -0.242. The summed E-state index contributed by atoms with van der Waals surface area (Å²) in [6, 6.07) is 12.8. The van der Waals surface area contributed by atoms with Crippen LogP contribution < -0.4 is 11.1 Å². The van der Waals surface area contributed by atoms with E-state index in [1.807, 2.05) is 24.3 Å². The molecule has 0 radical (unpaired) electrons. The van der Waals surface area contributed by atoms with Crippen molar-refractivity contribution in [2.45, 2.75) is 12.8 Å². The summed E-state index contributed by atoms with van der Waals surface area (Å²) >= 11 is 3.33. The predicted octanol–water partition coefficient (Wildman–Crippen LogP) is 3.21. The highest BCUT2D eigenvalue weighted by Gasteiger charge is 2.10. The van der Waals surface area contributed by atoms with Crippen LogP contribution in [0.3, 0.4) is 0 Å². The molecule has 4 nitrogen and oxygen atoms in total. The Hall–Kier alpha value is -1.85. The Morgan fingerprint density at radius 2 is 2.05 bits per heavy atom. The van der Waals surface area contributed by atoms with E-state index < -0.39 is 0 Å². The molecule has 1 amide bonds. The molecule has 21 heavy (non-hydrogen) atoms. The van der Waals surface area contributed by atoms with Crippen LogP contribution in [0.1, 0.15) is 22.3 Å². The molecule has 0 bridgehead atoms. The van der Waals surface area contributed by atoms with E-state index in [-0.39, 0.29) is 12.5 Å². The van der Waals surface area contributed by atoms with Crippen molar-refractivity contribution in [1.29, 1.82) is 0 Å². The Balaban J connectivity index is 2.14. The second-order valence-corrected chi connectivity index (χ2v) is 5.63. The molecule has 2 aromatic rings. The average molecular weight is 349 g/mol. The van der Waals surface area contributed by atoms with Gasteiger partial charge in [-0.15, -0.1) is 0 Å². The van der Waals surface area contributed by atoms with Crippen LogP contribution in [0.5, 0.6) is 0 Å². The Labute approximate surface area is 132 Å². The third-order valence-corrected chi connectivity index (χ3v) is 3.56. The maximum absolute atomic E-state index is 12.3. The number of hydrogen-bond acceptors (Lipinski definition) is 3. The zero-order chi connectivity index (χ0) is 15.2. The van der Waals surface area contributed by atoms with Gasteiger partial charge in [-0.05, 0) is 48.7 Å². The molecule has 2 rings (SSSR count). The highest BCUT2D eigenvalue weighted by Crippen LogP contribution is 2.20. The molecule has 0 atom stereocenters. The van der Waals surface area contributed by atoms with Gasteiger partial charge in [0.15, 0.2) is 0 Å². The summed E-state index contributed by atoms with van der Waals surface area (Å²) in [7, 11) is 0. The number of nitrogens with two attached hydrogens (primary N) is 1. The van der Waals surface area contributed by atoms with Gasteiger partial charge in [0.1, 0.15) is 0 Å². The van der Waals surface area contributed by atoms with Crippen molar-refractivity contribution in [2.24, 2.45) is 0 Å². The second kappa shape index (κ2) is 7.24. The maximum atomic E-state index is 12.3. The zero-order valence-corrected chi connectivity index (χ0v) is 13.1. The minimum Gasteiger partial charge on any atom is -0.398 e. The van der Waals surface area contributed by atoms with Gasteiger partial charge in [0.2, 0.25) is 0 Å². The van der Waals surface area contributed by atoms with Crippen LogP contribution in [0, 0.1) is 0 Å². The molecule has 0 aliphatic rings. The Morgan fingerprint density at radius 3 is 2.81 bits per heavy atom. The van der Waals surface area contributed by atoms with E-state index in [1.165, 1.54) is 0 Å². The zero-order valence-electron chi connectivity index (χ0n) is 11.5. The molecule has 0 aliphatic carbocycles. The van der Waals surface area contributed by atoms with Crippen LogP contribution in [0.4, 0.5) is 11.4 Å². The van der Waals surface area contributed by atoms with Gasteiger partial charge >= 0.3 is 0 Å². The van der Waals surface area contributed by atoms with Crippen LogP contribution in [-0.2, 0) is 6.42 Å². The van der Waals surface area contributed by atoms with E-state index in [4.69, 9.17) is 10.8 Å². The fourth-order valence-corrected chi connectivity index (χ4v) is 2.37. The summed E-state index contributed by atoms with van der Waals surface area (Å²) < 4.78 is 0.804. The Bertz CT molecular complexity index is 644. The van der Waals surface area contributed by atoms with Gasteiger partial charge in [-0.1, -0.05) is 28.1 Å². The fraction of sp³-hybridized carbons (Fsp3) is 0.188. The minimum absolute atomic E-state index is 0.158. The van der Waals surface area contributed by atoms with Crippen LogP contribution in [0.25, 0.3) is 0 Å². The van der Waals surface area contributed by atoms with Crippen molar-refractivity contribution in [2.75, 3.05) is 17.7 Å². The van der Waals surface area contributed by atoms with Crippen molar-refractivity contribution in [3.63, 3.8) is 0 Å². The van der Waals surface area contributed by atoms with Gasteiger partial charge in [0.25, 0.3) is 5.91 Å². The van der Waals surface area contributed by atoms with E-state index in [2.05, 4.69) is 21.2 Å². The topological polar surface area (TPSA) is 75.4 Å². The smallest absolute Gasteiger partial charge is 0.257 e. The van der Waals surface area contributed by atoms with Gasteiger partial charge in [-0.3, -0.25) is 4.79 Å². The molecule has 0 aromatic heterocycles. The molecule has 0 saturated carbocycles. The molecule has 5 heteroatoms. The number of aliphatic hydroxyl groups excluding tert-OH is 1. The predicted molar refractivity (Wildman–Crippen MR) is 88.4 cm³/mol. The van der Waals surface area contributed by atoms with Crippen molar-refractivity contribution in [3.8, 4) is 0 Å². The number of hydrogen-bond donors (Lipinski definition) is 3. The van der Waals surface area contributed by atoms with Crippen LogP contribution in [-0.4, -0.2) is 17.6 Å². The number of carbonyl (C=O) groups is 1. The number of nitrogens with one attached hydrogen (secondary N) is 1. The molecule has 2 aromatic carbocycles. The summed E-state index contributed by atoms with van der Waals surface area (Å²) in [5.41, 5.74) is 8.49. The summed E-state index contributed by atoms with van der Waals surface area (Å²) in [6.07, 6.45) is 1.48. The highest BCUT2D eigenvalue weighted by atomic mass is 79.9. The lowest BCUT2D eigenvalue weighted by atomic mass is 10.1. The second-order valence-electron chi connectivity index (χ2n) is 4.71. The van der Waals surface area contributed by atoms with Crippen LogP contribution in [0.15, 0.2) is 46.9 Å². The molecular weight excluding hydrogens is 332 g/mol. The van der Waals surface area contributed by atoms with Gasteiger partial charge in [0.05, 0.1) is 5.56 Å². The number of rotatable bonds is 5. The summed E-state index contributed by atoms with van der Waals surface area (Å²) in [6.45, 7) is 0.158. The average Bonchev–Trinajstić information content (AvgIpc) is 2.48. The quantitative estimate of drug-likeness (QED) is 0.726. The van der Waals surface area contributed by atoms with Gasteiger partial charge in [-0.2, -0.15) is 0 Å². The lowest BCUT2D eigenvalue weighted by Crippen LogP contribution is -2.14. The van der Waals surface area contributed by atoms with E-state index in [9.17, 15) is 4.79 Å². The Morgan fingerprint density at radius 1 is 1.24 bits per heavy atom. The van der Waals surface area contributed by atoms with Crippen molar-refractivity contribution >= 4 is 33.2 Å². The van der Waals surface area contributed by atoms with E-state index >= 15 is 0 Å². The highest BCUT2D eigenvalue weighted by molar-refractivity contribution is 9.10. The van der Waals surface area contributed by atoms with Crippen LogP contribution >= 0.6 is 15.9 Å². The van der Waals surface area contributed by atoms with Crippen molar-refractivity contribution in [1.82, 2.24) is 0 Å². The molecule has 110 valence electrons. The monoisotopic (exact) mass is 348 g/mol. The number of aryl methyl sites for hydroxylation is 1. The van der Waals surface area contributed by atoms with Crippen molar-refractivity contribution in [3.05, 3.63) is 58.1 Å². The summed E-state index contributed by atoms with van der Waals surface area (Å²) in [4.78, 5) is 12.3. The third-order valence-electron chi connectivity index (χ3n) is 3.07. The van der Waals surface area contributed by atoms with Crippen molar-refractivity contribution < 1.29 is 9.90 Å². The van der Waals surface area contributed by atoms with Crippen LogP contribution in [0.2, 0.25) is 0 Å². The van der Waals surface area contributed by atoms with E-state index in [1.54, 1.807) is 18.2 Å². The summed E-state index contributed by atoms with van der Waals surface area (Å²) in [5, 5.41) is 11.7. The van der Waals surface area contributed by atoms with Gasteiger partial charge < -0.3 is 16.2 Å². The molecule has 0 heterocycles. The standard InChI is InChI=1S/C16H17BrN2O2/c17-12-6-7-15(18)14(10-12)16(21)19-13-5-1-3-11(9-13)4-2-8-20/h1,3,5-7,9-10,20H,2,4,8,18H2,(H,19,21). The first kappa shape index (κ1) is 15.5. The number of halogens is 1. The number of anilines is 2. The first-order chi connectivity index (χ1) is 10.1. The number of benzene rings is 2. The third kappa shape index (κ3) is 4.31. The number of aliphatic hydroxyl groups is 1.